The molecule has 8 heteroatoms. The van der Waals surface area contributed by atoms with Gasteiger partial charge in [-0.25, -0.2) is 0 Å². The van der Waals surface area contributed by atoms with Crippen LogP contribution in [0, 0.1) is 0 Å². The summed E-state index contributed by atoms with van der Waals surface area (Å²) < 4.78 is 34.3. The SMILES string of the molecule is COc1cccc(C(=O)NCC(=O)NC(C)(C)C)c1OC(F)F. The smallest absolute Gasteiger partial charge is 0.387 e. The molecule has 0 atom stereocenters. The van der Waals surface area contributed by atoms with Crippen molar-refractivity contribution in [1.82, 2.24) is 10.6 Å². The fraction of sp³-hybridized carbons (Fsp3) is 0.467. The van der Waals surface area contributed by atoms with Gasteiger partial charge in [-0.3, -0.25) is 9.59 Å². The first-order valence-corrected chi connectivity index (χ1v) is 6.85. The highest BCUT2D eigenvalue weighted by atomic mass is 19.3. The standard InChI is InChI=1S/C15H20F2N2O4/c1-15(2,3)19-11(20)8-18-13(21)9-6-5-7-10(22-4)12(9)23-14(16)17/h5-7,14H,8H2,1-4H3,(H,18,21)(H,19,20). The van der Waals surface area contributed by atoms with Crippen LogP contribution in [0.3, 0.4) is 0 Å². The van der Waals surface area contributed by atoms with E-state index in [1.54, 1.807) is 20.8 Å². The lowest BCUT2D eigenvalue weighted by molar-refractivity contribution is -0.121. The number of benzene rings is 1. The largest absolute Gasteiger partial charge is 0.493 e. The molecule has 128 valence electrons. The van der Waals surface area contributed by atoms with E-state index in [4.69, 9.17) is 4.74 Å². The second-order valence-electron chi connectivity index (χ2n) is 5.70. The molecule has 0 bridgehead atoms. The number of nitrogens with one attached hydrogen (secondary N) is 2. The molecule has 0 spiro atoms. The molecule has 0 heterocycles. The van der Waals surface area contributed by atoms with Gasteiger partial charge < -0.3 is 20.1 Å². The van der Waals surface area contributed by atoms with E-state index in [1.807, 2.05) is 0 Å². The first kappa shape index (κ1) is 18.7. The minimum Gasteiger partial charge on any atom is -0.493 e. The number of hydrogen-bond acceptors (Lipinski definition) is 4. The van der Waals surface area contributed by atoms with Crippen LogP contribution in [0.4, 0.5) is 8.78 Å². The molecule has 0 saturated heterocycles. The lowest BCUT2D eigenvalue weighted by atomic mass is 10.1. The Hall–Kier alpha value is -2.38. The number of hydrogen-bond donors (Lipinski definition) is 2. The normalized spacial score (nSPS) is 11.1. The molecule has 0 radical (unpaired) electrons. The molecule has 1 rings (SSSR count). The second-order valence-corrected chi connectivity index (χ2v) is 5.70. The summed E-state index contributed by atoms with van der Waals surface area (Å²) in [5.74, 6) is -1.50. The number of methoxy groups -OCH3 is 1. The number of carbonyl (C=O) groups excluding carboxylic acids is 2. The highest BCUT2D eigenvalue weighted by Crippen LogP contribution is 2.32. The Kier molecular flexibility index (Phi) is 6.29. The minimum atomic E-state index is -3.11. The molecule has 2 N–H and O–H groups in total. The zero-order valence-electron chi connectivity index (χ0n) is 13.4. The third-order valence-electron chi connectivity index (χ3n) is 2.57. The van der Waals surface area contributed by atoms with Gasteiger partial charge in [0.15, 0.2) is 11.5 Å². The van der Waals surface area contributed by atoms with Gasteiger partial charge in [-0.2, -0.15) is 8.78 Å². The monoisotopic (exact) mass is 330 g/mol. The first-order valence-electron chi connectivity index (χ1n) is 6.85. The molecule has 0 saturated carbocycles. The lowest BCUT2D eigenvalue weighted by Crippen LogP contribution is -2.45. The van der Waals surface area contributed by atoms with Crippen molar-refractivity contribution in [2.24, 2.45) is 0 Å². The van der Waals surface area contributed by atoms with E-state index in [9.17, 15) is 18.4 Å². The van der Waals surface area contributed by atoms with Crippen molar-refractivity contribution in [2.75, 3.05) is 13.7 Å². The summed E-state index contributed by atoms with van der Waals surface area (Å²) in [4.78, 5) is 23.8. The van der Waals surface area contributed by atoms with E-state index in [0.29, 0.717) is 0 Å². The van der Waals surface area contributed by atoms with Gasteiger partial charge in [0.1, 0.15) is 0 Å². The number of ether oxygens (including phenoxy) is 2. The highest BCUT2D eigenvalue weighted by molar-refractivity contribution is 5.99. The minimum absolute atomic E-state index is 0.00269. The summed E-state index contributed by atoms with van der Waals surface area (Å²) in [7, 11) is 1.27. The lowest BCUT2D eigenvalue weighted by Gasteiger charge is -2.20. The molecule has 0 unspecified atom stereocenters. The Labute approximate surface area is 133 Å². The Morgan fingerprint density at radius 3 is 2.43 bits per heavy atom. The predicted molar refractivity (Wildman–Crippen MR) is 79.9 cm³/mol. The van der Waals surface area contributed by atoms with E-state index >= 15 is 0 Å². The van der Waals surface area contributed by atoms with Crippen molar-refractivity contribution in [1.29, 1.82) is 0 Å². The number of rotatable bonds is 6. The fourth-order valence-corrected chi connectivity index (χ4v) is 1.78. The summed E-state index contributed by atoms with van der Waals surface area (Å²) in [5, 5.41) is 5.02. The topological polar surface area (TPSA) is 76.7 Å². The van der Waals surface area contributed by atoms with Crippen molar-refractivity contribution in [3.8, 4) is 11.5 Å². The van der Waals surface area contributed by atoms with E-state index in [2.05, 4.69) is 15.4 Å². The van der Waals surface area contributed by atoms with Gasteiger partial charge >= 0.3 is 6.61 Å². The molecular formula is C15H20F2N2O4. The van der Waals surface area contributed by atoms with Gasteiger partial charge in [0, 0.05) is 5.54 Å². The van der Waals surface area contributed by atoms with Crippen LogP contribution < -0.4 is 20.1 Å². The van der Waals surface area contributed by atoms with Crippen LogP contribution in [0.2, 0.25) is 0 Å². The van der Waals surface area contributed by atoms with Crippen molar-refractivity contribution >= 4 is 11.8 Å². The number of halogens is 2. The third-order valence-corrected chi connectivity index (χ3v) is 2.57. The number of alkyl halides is 2. The number of amides is 2. The molecule has 0 aliphatic rings. The average molecular weight is 330 g/mol. The molecule has 1 aromatic carbocycles. The molecule has 0 aliphatic carbocycles. The highest BCUT2D eigenvalue weighted by Gasteiger charge is 2.21. The number of carbonyl (C=O) groups is 2. The molecule has 1 aromatic rings. The van der Waals surface area contributed by atoms with Crippen molar-refractivity contribution in [3.63, 3.8) is 0 Å². The average Bonchev–Trinajstić information content (AvgIpc) is 2.42. The van der Waals surface area contributed by atoms with Crippen LogP contribution in [0.1, 0.15) is 31.1 Å². The van der Waals surface area contributed by atoms with Gasteiger partial charge in [-0.1, -0.05) is 6.07 Å². The second kappa shape index (κ2) is 7.75. The third kappa shape index (κ3) is 6.09. The number of para-hydroxylation sites is 1. The predicted octanol–water partition coefficient (Wildman–Crippen LogP) is 1.94. The molecule has 0 aromatic heterocycles. The van der Waals surface area contributed by atoms with Crippen molar-refractivity contribution in [2.45, 2.75) is 32.9 Å². The van der Waals surface area contributed by atoms with Gasteiger partial charge in [0.25, 0.3) is 5.91 Å². The molecule has 2 amide bonds. The van der Waals surface area contributed by atoms with E-state index in [0.717, 1.165) is 0 Å². The van der Waals surface area contributed by atoms with E-state index in [1.165, 1.54) is 25.3 Å². The zero-order valence-corrected chi connectivity index (χ0v) is 13.4. The summed E-state index contributed by atoms with van der Waals surface area (Å²) >= 11 is 0. The van der Waals surface area contributed by atoms with Crippen LogP contribution >= 0.6 is 0 Å². The van der Waals surface area contributed by atoms with Crippen molar-refractivity contribution < 1.29 is 27.8 Å². The quantitative estimate of drug-likeness (QED) is 0.836. The maximum Gasteiger partial charge on any atom is 0.387 e. The molecule has 6 nitrogen and oxygen atoms in total. The van der Waals surface area contributed by atoms with Gasteiger partial charge in [0.05, 0.1) is 19.2 Å². The molecular weight excluding hydrogens is 310 g/mol. The summed E-state index contributed by atoms with van der Waals surface area (Å²) in [6.45, 7) is 1.99. The van der Waals surface area contributed by atoms with E-state index < -0.39 is 24.0 Å². The summed E-state index contributed by atoms with van der Waals surface area (Å²) in [6.07, 6.45) is 0. The van der Waals surface area contributed by atoms with Crippen LogP contribution in [0.5, 0.6) is 11.5 Å². The van der Waals surface area contributed by atoms with Gasteiger partial charge in [-0.15, -0.1) is 0 Å². The van der Waals surface area contributed by atoms with Gasteiger partial charge in [-0.05, 0) is 32.9 Å². The maximum atomic E-state index is 12.5. The Morgan fingerprint density at radius 1 is 1.26 bits per heavy atom. The zero-order chi connectivity index (χ0) is 17.6. The van der Waals surface area contributed by atoms with Crippen LogP contribution in [0.25, 0.3) is 0 Å². The molecule has 0 aliphatic heterocycles. The Morgan fingerprint density at radius 2 is 1.91 bits per heavy atom. The fourth-order valence-electron chi connectivity index (χ4n) is 1.78. The van der Waals surface area contributed by atoms with Crippen LogP contribution in [0.15, 0.2) is 18.2 Å². The van der Waals surface area contributed by atoms with E-state index in [-0.39, 0.29) is 23.6 Å². The van der Waals surface area contributed by atoms with Crippen LogP contribution in [-0.4, -0.2) is 37.6 Å². The van der Waals surface area contributed by atoms with Crippen molar-refractivity contribution in [3.05, 3.63) is 23.8 Å². The van der Waals surface area contributed by atoms with Gasteiger partial charge in [0.2, 0.25) is 5.91 Å². The maximum absolute atomic E-state index is 12.5. The first-order chi connectivity index (χ1) is 10.6. The Balaban J connectivity index is 2.85. The van der Waals surface area contributed by atoms with Crippen LogP contribution in [-0.2, 0) is 4.79 Å². The summed E-state index contributed by atoms with van der Waals surface area (Å²) in [5.41, 5.74) is -0.588. The molecule has 23 heavy (non-hydrogen) atoms. The Bertz CT molecular complexity index is 571. The molecule has 0 fully saturated rings. The summed E-state index contributed by atoms with van der Waals surface area (Å²) in [6, 6.07) is 4.15.